The number of hydrogen-bond acceptors (Lipinski definition) is 3. The minimum Gasteiger partial charge on any atom is -0.384 e. The number of pyridine rings is 2. The summed E-state index contributed by atoms with van der Waals surface area (Å²) in [5, 5.41) is 0. The lowest BCUT2D eigenvalue weighted by Gasteiger charge is -2.20. The van der Waals surface area contributed by atoms with E-state index in [-0.39, 0.29) is 5.41 Å². The Morgan fingerprint density at radius 1 is 1.19 bits per heavy atom. The first kappa shape index (κ1) is 15.5. The zero-order valence-corrected chi connectivity index (χ0v) is 13.6. The van der Waals surface area contributed by atoms with E-state index in [2.05, 4.69) is 51.7 Å². The summed E-state index contributed by atoms with van der Waals surface area (Å²) in [6, 6.07) is 8.33. The maximum Gasteiger partial charge on any atom is 0.123 e. The molecule has 2 heterocycles. The Kier molecular flexibility index (Phi) is 4.31. The first-order valence-corrected chi connectivity index (χ1v) is 7.45. The molecule has 2 aromatic rings. The Balaban J connectivity index is 2.25. The van der Waals surface area contributed by atoms with Crippen LogP contribution >= 0.6 is 0 Å². The highest BCUT2D eigenvalue weighted by atomic mass is 14.8. The SMILES string of the molecule is Cc1cc(CC(C)c2ccnc(N)c2)nc(C(C)(C)C)c1. The maximum atomic E-state index is 5.77. The van der Waals surface area contributed by atoms with E-state index in [1.807, 2.05) is 12.1 Å². The molecule has 0 aliphatic rings. The van der Waals surface area contributed by atoms with E-state index in [1.165, 1.54) is 11.1 Å². The highest BCUT2D eigenvalue weighted by Gasteiger charge is 2.17. The van der Waals surface area contributed by atoms with E-state index in [0.717, 1.165) is 17.8 Å². The van der Waals surface area contributed by atoms with Gasteiger partial charge in [0.1, 0.15) is 5.82 Å². The molecule has 0 amide bonds. The number of nitrogen functional groups attached to an aromatic ring is 1. The van der Waals surface area contributed by atoms with Crippen molar-refractivity contribution < 1.29 is 0 Å². The first-order valence-electron chi connectivity index (χ1n) is 7.45. The zero-order chi connectivity index (χ0) is 15.6. The molecule has 0 aromatic carbocycles. The van der Waals surface area contributed by atoms with Gasteiger partial charge in [0.25, 0.3) is 0 Å². The smallest absolute Gasteiger partial charge is 0.123 e. The van der Waals surface area contributed by atoms with Crippen LogP contribution in [0.3, 0.4) is 0 Å². The molecule has 0 saturated carbocycles. The standard InChI is InChI=1S/C18H25N3/c1-12-8-15(21-16(9-12)18(3,4)5)10-13(2)14-6-7-20-17(19)11-14/h6-9,11,13H,10H2,1-5H3,(H2,19,20). The van der Waals surface area contributed by atoms with Crippen LogP contribution in [-0.4, -0.2) is 9.97 Å². The zero-order valence-electron chi connectivity index (χ0n) is 13.6. The van der Waals surface area contributed by atoms with Gasteiger partial charge in [-0.2, -0.15) is 0 Å². The normalized spacial score (nSPS) is 13.2. The quantitative estimate of drug-likeness (QED) is 0.926. The Labute approximate surface area is 127 Å². The summed E-state index contributed by atoms with van der Waals surface area (Å²) < 4.78 is 0. The van der Waals surface area contributed by atoms with Crippen LogP contribution in [0, 0.1) is 6.92 Å². The molecule has 2 rings (SSSR count). The summed E-state index contributed by atoms with van der Waals surface area (Å²) in [4.78, 5) is 8.90. The van der Waals surface area contributed by atoms with E-state index < -0.39 is 0 Å². The fourth-order valence-electron chi connectivity index (χ4n) is 2.43. The van der Waals surface area contributed by atoms with E-state index in [0.29, 0.717) is 11.7 Å². The van der Waals surface area contributed by atoms with Gasteiger partial charge in [-0.1, -0.05) is 27.7 Å². The fourth-order valence-corrected chi connectivity index (χ4v) is 2.43. The summed E-state index contributed by atoms with van der Waals surface area (Å²) in [5.41, 5.74) is 10.6. The van der Waals surface area contributed by atoms with Crippen LogP contribution in [0.1, 0.15) is 56.1 Å². The van der Waals surface area contributed by atoms with Crippen molar-refractivity contribution in [2.75, 3.05) is 5.73 Å². The largest absolute Gasteiger partial charge is 0.384 e. The minimum absolute atomic E-state index is 0.0745. The van der Waals surface area contributed by atoms with Gasteiger partial charge in [-0.3, -0.25) is 4.98 Å². The number of nitrogens with two attached hydrogens (primary N) is 1. The third kappa shape index (κ3) is 4.03. The molecule has 0 aliphatic carbocycles. The van der Waals surface area contributed by atoms with Crippen LogP contribution in [-0.2, 0) is 11.8 Å². The number of anilines is 1. The second-order valence-corrected chi connectivity index (χ2v) is 6.89. The van der Waals surface area contributed by atoms with E-state index in [9.17, 15) is 0 Å². The van der Waals surface area contributed by atoms with Gasteiger partial charge in [-0.25, -0.2) is 4.98 Å². The van der Waals surface area contributed by atoms with Gasteiger partial charge in [0.2, 0.25) is 0 Å². The van der Waals surface area contributed by atoms with Crippen molar-refractivity contribution >= 4 is 5.82 Å². The summed E-state index contributed by atoms with van der Waals surface area (Å²) >= 11 is 0. The van der Waals surface area contributed by atoms with Crippen molar-refractivity contribution in [1.82, 2.24) is 9.97 Å². The van der Waals surface area contributed by atoms with Gasteiger partial charge in [-0.05, 0) is 54.7 Å². The lowest BCUT2D eigenvalue weighted by atomic mass is 9.89. The summed E-state index contributed by atoms with van der Waals surface area (Å²) in [6.07, 6.45) is 2.68. The first-order chi connectivity index (χ1) is 9.75. The van der Waals surface area contributed by atoms with Gasteiger partial charge in [0, 0.05) is 23.0 Å². The number of hydrogen-bond donors (Lipinski definition) is 1. The topological polar surface area (TPSA) is 51.8 Å². The lowest BCUT2D eigenvalue weighted by molar-refractivity contribution is 0.562. The van der Waals surface area contributed by atoms with E-state index in [4.69, 9.17) is 10.7 Å². The fraction of sp³-hybridized carbons (Fsp3) is 0.444. The molecule has 0 saturated heterocycles. The number of rotatable bonds is 3. The summed E-state index contributed by atoms with van der Waals surface area (Å²) in [5.74, 6) is 0.948. The molecule has 2 N–H and O–H groups in total. The van der Waals surface area contributed by atoms with Crippen LogP contribution in [0.2, 0.25) is 0 Å². The van der Waals surface area contributed by atoms with E-state index in [1.54, 1.807) is 6.20 Å². The highest BCUT2D eigenvalue weighted by Crippen LogP contribution is 2.25. The molecule has 21 heavy (non-hydrogen) atoms. The van der Waals surface area contributed by atoms with Crippen LogP contribution < -0.4 is 5.73 Å². The molecule has 0 bridgehead atoms. The average Bonchev–Trinajstić information content (AvgIpc) is 2.37. The highest BCUT2D eigenvalue weighted by molar-refractivity contribution is 5.34. The van der Waals surface area contributed by atoms with Gasteiger partial charge in [-0.15, -0.1) is 0 Å². The molecule has 112 valence electrons. The molecule has 0 aliphatic heterocycles. The second-order valence-electron chi connectivity index (χ2n) is 6.89. The van der Waals surface area contributed by atoms with Crippen LogP contribution in [0.25, 0.3) is 0 Å². The summed E-state index contributed by atoms with van der Waals surface area (Å²) in [6.45, 7) is 10.9. The number of aryl methyl sites for hydroxylation is 1. The number of nitrogens with zero attached hydrogens (tertiary/aromatic N) is 2. The molecule has 3 nitrogen and oxygen atoms in total. The molecule has 1 unspecified atom stereocenters. The Hall–Kier alpha value is -1.90. The lowest BCUT2D eigenvalue weighted by Crippen LogP contribution is -2.15. The van der Waals surface area contributed by atoms with Crippen molar-refractivity contribution in [2.45, 2.75) is 52.4 Å². The van der Waals surface area contributed by atoms with Crippen molar-refractivity contribution in [2.24, 2.45) is 0 Å². The van der Waals surface area contributed by atoms with Crippen LogP contribution in [0.5, 0.6) is 0 Å². The molecule has 0 fully saturated rings. The van der Waals surface area contributed by atoms with Gasteiger partial charge in [0.05, 0.1) is 0 Å². The third-order valence-electron chi connectivity index (χ3n) is 3.68. The minimum atomic E-state index is 0.0745. The predicted molar refractivity (Wildman–Crippen MR) is 88.4 cm³/mol. The van der Waals surface area contributed by atoms with Gasteiger partial charge >= 0.3 is 0 Å². The van der Waals surface area contributed by atoms with Crippen molar-refractivity contribution in [1.29, 1.82) is 0 Å². The molecular formula is C18H25N3. The van der Waals surface area contributed by atoms with Crippen molar-refractivity contribution in [3.8, 4) is 0 Å². The molecule has 0 radical (unpaired) electrons. The maximum absolute atomic E-state index is 5.77. The monoisotopic (exact) mass is 283 g/mol. The van der Waals surface area contributed by atoms with Gasteiger partial charge in [0.15, 0.2) is 0 Å². The Bertz CT molecular complexity index is 627. The van der Waals surface area contributed by atoms with E-state index >= 15 is 0 Å². The molecule has 0 spiro atoms. The molecule has 1 atom stereocenters. The summed E-state index contributed by atoms with van der Waals surface area (Å²) in [7, 11) is 0. The average molecular weight is 283 g/mol. The number of aromatic nitrogens is 2. The van der Waals surface area contributed by atoms with Gasteiger partial charge < -0.3 is 5.73 Å². The van der Waals surface area contributed by atoms with Crippen molar-refractivity contribution in [3.05, 3.63) is 53.0 Å². The van der Waals surface area contributed by atoms with Crippen LogP contribution in [0.15, 0.2) is 30.5 Å². The molecule has 2 aromatic heterocycles. The van der Waals surface area contributed by atoms with Crippen LogP contribution in [0.4, 0.5) is 5.82 Å². The van der Waals surface area contributed by atoms with Crippen molar-refractivity contribution in [3.63, 3.8) is 0 Å². The predicted octanol–water partition coefficient (Wildman–Crippen LogP) is 4.01. The molecular weight excluding hydrogens is 258 g/mol. The third-order valence-corrected chi connectivity index (χ3v) is 3.68. The Morgan fingerprint density at radius 2 is 1.90 bits per heavy atom. The Morgan fingerprint density at radius 3 is 2.52 bits per heavy atom. The molecule has 3 heteroatoms. The second kappa shape index (κ2) is 5.84.